The average molecular weight is 309 g/mol. The van der Waals surface area contributed by atoms with Crippen molar-refractivity contribution in [3.8, 4) is 0 Å². The number of rotatable bonds is 4. The third-order valence-electron chi connectivity index (χ3n) is 6.70. The van der Waals surface area contributed by atoms with Crippen molar-refractivity contribution in [3.05, 3.63) is 0 Å². The number of amides is 1. The fraction of sp³-hybridized carbons (Fsp3) is 0.941. The molecule has 124 valence electrons. The molecule has 5 heteroatoms. The summed E-state index contributed by atoms with van der Waals surface area (Å²) in [6, 6.07) is 0.586. The lowest BCUT2D eigenvalue weighted by atomic mass is 9.65. The standard InChI is InChI=1S/C17H28FN3O/c1-15(2,18)9-21-10-16(6-12(21)7-16)13-8-17(13)5-11(14(19)22)3-4-20-17/h11-13,20H,3-10H2,1-2H3,(H2,19,22). The van der Waals surface area contributed by atoms with E-state index in [0.29, 0.717) is 23.9 Å². The van der Waals surface area contributed by atoms with Crippen LogP contribution in [0.4, 0.5) is 4.39 Å². The molecule has 2 bridgehead atoms. The molecule has 4 nitrogen and oxygen atoms in total. The highest BCUT2D eigenvalue weighted by Gasteiger charge is 2.71. The highest BCUT2D eigenvalue weighted by Crippen LogP contribution is 2.68. The Bertz CT molecular complexity index is 497. The molecule has 0 radical (unpaired) electrons. The zero-order valence-electron chi connectivity index (χ0n) is 13.7. The first-order valence-corrected chi connectivity index (χ1v) is 8.70. The topological polar surface area (TPSA) is 58.4 Å². The Labute approximate surface area is 132 Å². The van der Waals surface area contributed by atoms with Crippen LogP contribution in [0.2, 0.25) is 0 Å². The third-order valence-corrected chi connectivity index (χ3v) is 6.70. The number of nitrogens with one attached hydrogen (secondary N) is 1. The van der Waals surface area contributed by atoms with E-state index in [-0.39, 0.29) is 17.4 Å². The fourth-order valence-electron chi connectivity index (χ4n) is 5.74. The van der Waals surface area contributed by atoms with Gasteiger partial charge in [0.15, 0.2) is 0 Å². The van der Waals surface area contributed by atoms with E-state index in [4.69, 9.17) is 5.73 Å². The van der Waals surface area contributed by atoms with E-state index in [1.807, 2.05) is 0 Å². The Hall–Kier alpha value is -0.680. The van der Waals surface area contributed by atoms with E-state index in [2.05, 4.69) is 10.2 Å². The molecule has 5 rings (SSSR count). The molecular weight excluding hydrogens is 281 g/mol. The van der Waals surface area contributed by atoms with Crippen LogP contribution in [-0.2, 0) is 4.79 Å². The molecule has 3 N–H and O–H groups in total. The minimum Gasteiger partial charge on any atom is -0.369 e. The fourth-order valence-corrected chi connectivity index (χ4v) is 5.74. The molecule has 1 amide bonds. The lowest BCUT2D eigenvalue weighted by molar-refractivity contribution is -0.123. The van der Waals surface area contributed by atoms with E-state index in [0.717, 1.165) is 25.9 Å². The molecule has 5 aliphatic rings. The maximum absolute atomic E-state index is 14.0. The summed E-state index contributed by atoms with van der Waals surface area (Å²) in [6.07, 6.45) is 5.41. The van der Waals surface area contributed by atoms with E-state index < -0.39 is 5.67 Å². The minimum absolute atomic E-state index is 0.0424. The molecule has 0 aromatic heterocycles. The van der Waals surface area contributed by atoms with E-state index in [9.17, 15) is 9.18 Å². The Morgan fingerprint density at radius 3 is 2.73 bits per heavy atom. The third kappa shape index (κ3) is 2.20. The summed E-state index contributed by atoms with van der Waals surface area (Å²) in [7, 11) is 0. The van der Waals surface area contributed by atoms with Gasteiger partial charge in [-0.05, 0) is 63.8 Å². The first-order chi connectivity index (χ1) is 10.2. The highest BCUT2D eigenvalue weighted by molar-refractivity contribution is 5.77. The molecule has 3 atom stereocenters. The summed E-state index contributed by atoms with van der Waals surface area (Å²) in [6.45, 7) is 5.85. The van der Waals surface area contributed by atoms with Crippen LogP contribution >= 0.6 is 0 Å². The van der Waals surface area contributed by atoms with Crippen molar-refractivity contribution in [2.45, 2.75) is 63.2 Å². The van der Waals surface area contributed by atoms with E-state index >= 15 is 0 Å². The second kappa shape index (κ2) is 4.44. The van der Waals surface area contributed by atoms with Crippen molar-refractivity contribution < 1.29 is 9.18 Å². The van der Waals surface area contributed by atoms with Crippen LogP contribution in [-0.4, -0.2) is 47.7 Å². The summed E-state index contributed by atoms with van der Waals surface area (Å²) < 4.78 is 14.0. The normalized spacial score (nSPS) is 47.5. The summed E-state index contributed by atoms with van der Waals surface area (Å²) >= 11 is 0. The molecule has 22 heavy (non-hydrogen) atoms. The van der Waals surface area contributed by atoms with Crippen molar-refractivity contribution >= 4 is 5.91 Å². The van der Waals surface area contributed by atoms with Crippen LogP contribution in [0.25, 0.3) is 0 Å². The number of carbonyl (C=O) groups excluding carboxylic acids is 1. The van der Waals surface area contributed by atoms with Gasteiger partial charge in [-0.15, -0.1) is 0 Å². The molecule has 3 aliphatic heterocycles. The SMILES string of the molecule is CC(C)(F)CN1CC2(C3CC34CC(C(N)=O)CCN4)CC1C2. The van der Waals surface area contributed by atoms with Crippen molar-refractivity contribution in [1.29, 1.82) is 0 Å². The molecule has 3 heterocycles. The summed E-state index contributed by atoms with van der Waals surface area (Å²) in [4.78, 5) is 13.9. The minimum atomic E-state index is -1.11. The summed E-state index contributed by atoms with van der Waals surface area (Å²) in [5, 5.41) is 3.69. The quantitative estimate of drug-likeness (QED) is 0.826. The molecule has 0 aromatic carbocycles. The van der Waals surface area contributed by atoms with Crippen LogP contribution < -0.4 is 11.1 Å². The van der Waals surface area contributed by atoms with E-state index in [1.165, 1.54) is 19.3 Å². The smallest absolute Gasteiger partial charge is 0.220 e. The van der Waals surface area contributed by atoms with Gasteiger partial charge in [-0.3, -0.25) is 9.69 Å². The molecule has 5 fully saturated rings. The number of hydrogen-bond acceptors (Lipinski definition) is 3. The average Bonchev–Trinajstić information content (AvgIpc) is 2.77. The maximum Gasteiger partial charge on any atom is 0.220 e. The van der Waals surface area contributed by atoms with Gasteiger partial charge in [-0.1, -0.05) is 0 Å². The monoisotopic (exact) mass is 309 g/mol. The van der Waals surface area contributed by atoms with Gasteiger partial charge in [0.25, 0.3) is 0 Å². The van der Waals surface area contributed by atoms with Gasteiger partial charge in [-0.2, -0.15) is 0 Å². The number of nitrogens with zero attached hydrogens (tertiary/aromatic N) is 1. The Morgan fingerprint density at radius 1 is 1.36 bits per heavy atom. The van der Waals surface area contributed by atoms with Crippen molar-refractivity contribution in [2.24, 2.45) is 23.0 Å². The van der Waals surface area contributed by atoms with Gasteiger partial charge >= 0.3 is 0 Å². The van der Waals surface area contributed by atoms with Gasteiger partial charge in [0.2, 0.25) is 5.91 Å². The molecule has 3 saturated heterocycles. The second-order valence-corrected chi connectivity index (χ2v) is 8.98. The van der Waals surface area contributed by atoms with Gasteiger partial charge in [0.1, 0.15) is 5.67 Å². The number of halogens is 1. The zero-order chi connectivity index (χ0) is 15.8. The van der Waals surface area contributed by atoms with E-state index in [1.54, 1.807) is 13.8 Å². The Kier molecular flexibility index (Phi) is 3.01. The molecular formula is C17H28FN3O. The predicted octanol–water partition coefficient (Wildman–Crippen LogP) is 1.44. The Morgan fingerprint density at radius 2 is 2.09 bits per heavy atom. The van der Waals surface area contributed by atoms with Crippen LogP contribution in [0.15, 0.2) is 0 Å². The highest BCUT2D eigenvalue weighted by atomic mass is 19.1. The predicted molar refractivity (Wildman–Crippen MR) is 83.0 cm³/mol. The van der Waals surface area contributed by atoms with Crippen LogP contribution in [0.5, 0.6) is 0 Å². The lowest BCUT2D eigenvalue weighted by Crippen LogP contribution is -2.49. The van der Waals surface area contributed by atoms with Crippen LogP contribution in [0.3, 0.4) is 0 Å². The molecule has 0 aromatic rings. The van der Waals surface area contributed by atoms with Gasteiger partial charge in [-0.25, -0.2) is 4.39 Å². The molecule has 2 aliphatic carbocycles. The Balaban J connectivity index is 1.42. The van der Waals surface area contributed by atoms with Gasteiger partial charge in [0.05, 0.1) is 0 Å². The maximum atomic E-state index is 14.0. The van der Waals surface area contributed by atoms with Crippen molar-refractivity contribution in [3.63, 3.8) is 0 Å². The number of primary amides is 1. The molecule has 1 spiro atoms. The first-order valence-electron chi connectivity index (χ1n) is 8.70. The first kappa shape index (κ1) is 14.9. The molecule has 3 unspecified atom stereocenters. The molecule has 2 saturated carbocycles. The number of nitrogens with two attached hydrogens (primary N) is 1. The summed E-state index contributed by atoms with van der Waals surface area (Å²) in [5.74, 6) is 0.565. The van der Waals surface area contributed by atoms with Crippen molar-refractivity contribution in [2.75, 3.05) is 19.6 Å². The van der Waals surface area contributed by atoms with Crippen LogP contribution in [0, 0.1) is 17.3 Å². The largest absolute Gasteiger partial charge is 0.369 e. The number of alkyl halides is 1. The van der Waals surface area contributed by atoms with Gasteiger partial charge < -0.3 is 11.1 Å². The summed E-state index contributed by atoms with van der Waals surface area (Å²) in [5.41, 5.74) is 4.96. The van der Waals surface area contributed by atoms with Crippen molar-refractivity contribution in [1.82, 2.24) is 10.2 Å². The lowest BCUT2D eigenvalue weighted by Gasteiger charge is -2.41. The number of hydrogen-bond donors (Lipinski definition) is 2. The van der Waals surface area contributed by atoms with Crippen LogP contribution in [0.1, 0.15) is 46.0 Å². The zero-order valence-corrected chi connectivity index (χ0v) is 13.7. The number of carbonyl (C=O) groups is 1. The van der Waals surface area contributed by atoms with Gasteiger partial charge in [0, 0.05) is 30.6 Å². The second-order valence-electron chi connectivity index (χ2n) is 8.98. The number of piperidine rings is 1. The number of fused-ring (bicyclic) bond motifs is 1.